The van der Waals surface area contributed by atoms with Crippen LogP contribution < -0.4 is 0 Å². The van der Waals surface area contributed by atoms with E-state index in [-0.39, 0.29) is 12.5 Å². The summed E-state index contributed by atoms with van der Waals surface area (Å²) < 4.78 is 40.2. The molecular formula is C50H48Cl2O6. The van der Waals surface area contributed by atoms with Gasteiger partial charge in [0.25, 0.3) is 0 Å². The highest BCUT2D eigenvalue weighted by atomic mass is 35.5. The highest BCUT2D eigenvalue weighted by Gasteiger charge is 2.49. The molecule has 2 aliphatic rings. The fourth-order valence-electron chi connectivity index (χ4n) is 7.18. The molecule has 5 atom stereocenters. The molecule has 1 heterocycles. The highest BCUT2D eigenvalue weighted by Crippen LogP contribution is 2.42. The van der Waals surface area contributed by atoms with Gasteiger partial charge >= 0.3 is 0 Å². The lowest BCUT2D eigenvalue weighted by atomic mass is 9.87. The normalized spacial score (nSPS) is 20.1. The topological polar surface area (TPSA) is 55.4 Å². The number of ether oxygens (including phenoxy) is 6. The number of halogens is 2. The van der Waals surface area contributed by atoms with Crippen molar-refractivity contribution in [2.75, 3.05) is 13.2 Å². The summed E-state index contributed by atoms with van der Waals surface area (Å²) in [7, 11) is 0. The maximum absolute atomic E-state index is 7.24. The van der Waals surface area contributed by atoms with Gasteiger partial charge in [-0.15, -0.1) is 11.6 Å². The van der Waals surface area contributed by atoms with Crippen molar-refractivity contribution in [1.29, 1.82) is 0 Å². The third-order valence-corrected chi connectivity index (χ3v) is 10.7. The first kappa shape index (κ1) is 41.5. The van der Waals surface area contributed by atoms with Gasteiger partial charge in [0.1, 0.15) is 30.5 Å². The summed E-state index contributed by atoms with van der Waals surface area (Å²) in [6.07, 6.45) is 1.43. The highest BCUT2D eigenvalue weighted by molar-refractivity contribution is 6.31. The van der Waals surface area contributed by atoms with Gasteiger partial charge in [-0.2, -0.15) is 0 Å². The molecule has 0 aromatic heterocycles. The molecule has 1 fully saturated rings. The molecule has 5 unspecified atom stereocenters. The number of rotatable bonds is 19. The molecule has 8 heteroatoms. The Balaban J connectivity index is 1.30. The van der Waals surface area contributed by atoms with E-state index in [4.69, 9.17) is 51.6 Å². The number of alkyl halides is 1. The summed E-state index contributed by atoms with van der Waals surface area (Å²) in [5.74, 6) is 0.859. The average Bonchev–Trinajstić information content (AvgIpc) is 3.27. The van der Waals surface area contributed by atoms with Gasteiger partial charge in [0, 0.05) is 22.9 Å². The molecule has 5 aromatic carbocycles. The monoisotopic (exact) mass is 814 g/mol. The maximum Gasteiger partial charge on any atom is 0.170 e. The molecule has 0 radical (unpaired) electrons. The van der Waals surface area contributed by atoms with Crippen LogP contribution in [0.3, 0.4) is 0 Å². The molecular weight excluding hydrogens is 767 g/mol. The standard InChI is InChI=1S/C50H48Cl2O6/c1-2-54-43-25-23-36(24-26-43)27-41-28-44(42(30-51)29-45(41)52)47-49(56-33-39-19-11-5-12-20-39)50(57-34-40-21-13-6-14-22-40)48(55-32-38-17-9-4-10-18-38)46(58-47)35-53-31-37-15-7-3-8-16-37/h3-23,25,28-29,46-50H,2,27,30-35H2,1H3. The first-order valence-corrected chi connectivity index (χ1v) is 20.7. The minimum atomic E-state index is -0.632. The second-order valence-electron chi connectivity index (χ2n) is 14.2. The largest absolute Gasteiger partial charge is 0.486 e. The van der Waals surface area contributed by atoms with E-state index >= 15 is 0 Å². The van der Waals surface area contributed by atoms with Crippen LogP contribution in [0.15, 0.2) is 168 Å². The Morgan fingerprint density at radius 3 is 1.66 bits per heavy atom. The van der Waals surface area contributed by atoms with Crippen LogP contribution in [0.4, 0.5) is 0 Å². The third kappa shape index (κ3) is 11.3. The fraction of sp³-hybridized carbons (Fsp3) is 0.280. The summed E-state index contributed by atoms with van der Waals surface area (Å²) in [6, 6.07) is 44.5. The minimum absolute atomic E-state index is 0.211. The molecule has 298 valence electrons. The van der Waals surface area contributed by atoms with Gasteiger partial charge in [-0.1, -0.05) is 145 Å². The second-order valence-corrected chi connectivity index (χ2v) is 14.9. The molecule has 0 spiro atoms. The van der Waals surface area contributed by atoms with Crippen LogP contribution in [0.2, 0.25) is 5.02 Å². The summed E-state index contributed by atoms with van der Waals surface area (Å²) in [4.78, 5) is 0. The molecule has 5 aromatic rings. The zero-order valence-electron chi connectivity index (χ0n) is 32.6. The van der Waals surface area contributed by atoms with E-state index in [2.05, 4.69) is 66.1 Å². The molecule has 0 amide bonds. The van der Waals surface area contributed by atoms with E-state index in [9.17, 15) is 0 Å². The SMILES string of the molecule is CCOC1=C=C=C(Cc2cc(C3OC(COCc4ccccc4)C(OCc4ccccc4)C(OCc4ccccc4)C3OCc3ccccc3)c(CCl)cc2Cl)C=C1. The average molecular weight is 816 g/mol. The van der Waals surface area contributed by atoms with Crippen LogP contribution in [-0.4, -0.2) is 37.6 Å². The van der Waals surface area contributed by atoms with E-state index in [1.54, 1.807) is 0 Å². The number of benzene rings is 5. The predicted octanol–water partition coefficient (Wildman–Crippen LogP) is 11.2. The van der Waals surface area contributed by atoms with E-state index in [1.807, 2.05) is 97.9 Å². The zero-order valence-corrected chi connectivity index (χ0v) is 34.1. The van der Waals surface area contributed by atoms with Gasteiger partial charge in [0.15, 0.2) is 5.76 Å². The van der Waals surface area contributed by atoms with Crippen molar-refractivity contribution >= 4 is 23.2 Å². The van der Waals surface area contributed by atoms with Crippen LogP contribution in [0.1, 0.15) is 52.0 Å². The fourth-order valence-corrected chi connectivity index (χ4v) is 7.67. The van der Waals surface area contributed by atoms with Crippen molar-refractivity contribution in [2.24, 2.45) is 0 Å². The summed E-state index contributed by atoms with van der Waals surface area (Å²) >= 11 is 13.8. The molecule has 0 saturated carbocycles. The van der Waals surface area contributed by atoms with Crippen LogP contribution in [0.5, 0.6) is 0 Å². The summed E-state index contributed by atoms with van der Waals surface area (Å²) in [5.41, 5.74) is 14.0. The first-order chi connectivity index (χ1) is 28.6. The van der Waals surface area contributed by atoms with Crippen molar-refractivity contribution in [2.45, 2.75) is 76.2 Å². The van der Waals surface area contributed by atoms with Gasteiger partial charge in [-0.25, -0.2) is 0 Å². The molecule has 0 N–H and O–H groups in total. The van der Waals surface area contributed by atoms with Gasteiger partial charge in [0.05, 0.1) is 39.6 Å². The minimum Gasteiger partial charge on any atom is -0.486 e. The van der Waals surface area contributed by atoms with Gasteiger partial charge < -0.3 is 28.4 Å². The lowest BCUT2D eigenvalue weighted by molar-refractivity contribution is -0.275. The maximum atomic E-state index is 7.24. The Labute approximate surface area is 351 Å². The zero-order chi connectivity index (χ0) is 39.9. The molecule has 58 heavy (non-hydrogen) atoms. The first-order valence-electron chi connectivity index (χ1n) is 19.7. The van der Waals surface area contributed by atoms with Gasteiger partial charge in [-0.3, -0.25) is 0 Å². The Bertz CT molecular complexity index is 2180. The lowest BCUT2D eigenvalue weighted by Gasteiger charge is -2.47. The Morgan fingerprint density at radius 2 is 1.14 bits per heavy atom. The Kier molecular flexibility index (Phi) is 15.3. The van der Waals surface area contributed by atoms with Gasteiger partial charge in [0.2, 0.25) is 0 Å². The van der Waals surface area contributed by atoms with E-state index in [0.717, 1.165) is 44.5 Å². The lowest BCUT2D eigenvalue weighted by Crippen LogP contribution is -2.58. The van der Waals surface area contributed by atoms with E-state index in [0.29, 0.717) is 50.2 Å². The molecule has 1 saturated heterocycles. The smallest absolute Gasteiger partial charge is 0.170 e. The second kappa shape index (κ2) is 21.4. The van der Waals surface area contributed by atoms with Crippen LogP contribution >= 0.6 is 23.2 Å². The Hall–Kier alpha value is -4.68. The van der Waals surface area contributed by atoms with Crippen molar-refractivity contribution < 1.29 is 28.4 Å². The molecule has 0 bridgehead atoms. The molecule has 1 aliphatic carbocycles. The number of allylic oxidation sites excluding steroid dienone is 3. The Morgan fingerprint density at radius 1 is 0.603 bits per heavy atom. The van der Waals surface area contributed by atoms with Crippen LogP contribution in [-0.2, 0) is 67.1 Å². The predicted molar refractivity (Wildman–Crippen MR) is 228 cm³/mol. The van der Waals surface area contributed by atoms with Crippen LogP contribution in [0.25, 0.3) is 0 Å². The quantitative estimate of drug-likeness (QED) is 0.0611. The van der Waals surface area contributed by atoms with Crippen molar-refractivity contribution in [1.82, 2.24) is 0 Å². The van der Waals surface area contributed by atoms with E-state index in [1.165, 1.54) is 0 Å². The summed E-state index contributed by atoms with van der Waals surface area (Å²) in [6.45, 7) is 4.16. The van der Waals surface area contributed by atoms with Gasteiger partial charge in [-0.05, 0) is 69.8 Å². The summed E-state index contributed by atoms with van der Waals surface area (Å²) in [5, 5.41) is 0.600. The van der Waals surface area contributed by atoms with Crippen molar-refractivity contribution in [3.63, 3.8) is 0 Å². The molecule has 1 aliphatic heterocycles. The van der Waals surface area contributed by atoms with Crippen molar-refractivity contribution in [3.8, 4) is 0 Å². The number of hydrogen-bond acceptors (Lipinski definition) is 6. The third-order valence-electron chi connectivity index (χ3n) is 10.1. The molecule has 7 rings (SSSR count). The molecule has 6 nitrogen and oxygen atoms in total. The van der Waals surface area contributed by atoms with E-state index < -0.39 is 30.5 Å². The number of hydrogen-bond donors (Lipinski definition) is 0. The van der Waals surface area contributed by atoms with Crippen LogP contribution in [0, 0.1) is 0 Å². The van der Waals surface area contributed by atoms with Crippen molar-refractivity contribution in [3.05, 3.63) is 212 Å².